The molecule has 1 heterocycles. The van der Waals surface area contributed by atoms with Crippen molar-refractivity contribution in [1.29, 1.82) is 0 Å². The Bertz CT molecular complexity index is 447. The molecule has 21 heavy (non-hydrogen) atoms. The van der Waals surface area contributed by atoms with E-state index in [0.717, 1.165) is 13.0 Å². The Morgan fingerprint density at radius 2 is 2.10 bits per heavy atom. The number of oxime groups is 1. The van der Waals surface area contributed by atoms with E-state index in [1.807, 2.05) is 6.07 Å². The molecule has 4 nitrogen and oxygen atoms in total. The zero-order valence-electron chi connectivity index (χ0n) is 12.9. The zero-order chi connectivity index (χ0) is 15.1. The van der Waals surface area contributed by atoms with E-state index in [1.54, 1.807) is 0 Å². The molecular weight excluding hydrogens is 262 g/mol. The van der Waals surface area contributed by atoms with E-state index in [-0.39, 0.29) is 6.04 Å². The number of amidine groups is 1. The molecule has 1 aliphatic rings. The normalized spacial score (nSPS) is 22.7. The molecule has 0 aliphatic carbocycles. The number of nitrogens with zero attached hydrogens (tertiary/aromatic N) is 2. The monoisotopic (exact) mass is 289 g/mol. The van der Waals surface area contributed by atoms with E-state index in [0.29, 0.717) is 18.3 Å². The van der Waals surface area contributed by atoms with Crippen LogP contribution in [0.5, 0.6) is 0 Å². The highest BCUT2D eigenvalue weighted by Crippen LogP contribution is 2.31. The lowest BCUT2D eigenvalue weighted by Gasteiger charge is -2.37. The molecule has 2 rings (SSSR count). The second-order valence-electron chi connectivity index (χ2n) is 5.87. The fourth-order valence-electron chi connectivity index (χ4n) is 3.39. The first-order chi connectivity index (χ1) is 10.3. The van der Waals surface area contributed by atoms with Gasteiger partial charge in [0.15, 0.2) is 0 Å². The highest BCUT2D eigenvalue weighted by atomic mass is 16.4. The topological polar surface area (TPSA) is 61.8 Å². The molecule has 1 aromatic rings. The summed E-state index contributed by atoms with van der Waals surface area (Å²) < 4.78 is 0. The van der Waals surface area contributed by atoms with Gasteiger partial charge < -0.3 is 10.9 Å². The Balaban J connectivity index is 2.28. The third-order valence-corrected chi connectivity index (χ3v) is 4.51. The Morgan fingerprint density at radius 3 is 2.76 bits per heavy atom. The van der Waals surface area contributed by atoms with Gasteiger partial charge in [-0.3, -0.25) is 4.90 Å². The van der Waals surface area contributed by atoms with Gasteiger partial charge in [0.05, 0.1) is 0 Å². The highest BCUT2D eigenvalue weighted by Gasteiger charge is 2.28. The van der Waals surface area contributed by atoms with Crippen molar-refractivity contribution in [3.8, 4) is 0 Å². The molecule has 0 spiro atoms. The van der Waals surface area contributed by atoms with Crippen LogP contribution in [0.4, 0.5) is 0 Å². The van der Waals surface area contributed by atoms with Crippen LogP contribution in [0.2, 0.25) is 0 Å². The first-order valence-corrected chi connectivity index (χ1v) is 8.03. The summed E-state index contributed by atoms with van der Waals surface area (Å²) in [7, 11) is 0. The molecule has 0 aromatic heterocycles. The van der Waals surface area contributed by atoms with E-state index >= 15 is 0 Å². The largest absolute Gasteiger partial charge is 0.409 e. The molecule has 2 atom stereocenters. The van der Waals surface area contributed by atoms with E-state index in [9.17, 15) is 0 Å². The molecule has 116 valence electrons. The summed E-state index contributed by atoms with van der Waals surface area (Å²) in [6.45, 7) is 3.35. The van der Waals surface area contributed by atoms with Crippen molar-refractivity contribution in [3.05, 3.63) is 35.9 Å². The molecular formula is C17H27N3O. The van der Waals surface area contributed by atoms with Gasteiger partial charge in [-0.15, -0.1) is 0 Å². The second kappa shape index (κ2) is 8.03. The quantitative estimate of drug-likeness (QED) is 0.377. The third-order valence-electron chi connectivity index (χ3n) is 4.51. The van der Waals surface area contributed by atoms with Crippen molar-refractivity contribution in [2.45, 2.75) is 57.5 Å². The van der Waals surface area contributed by atoms with Crippen molar-refractivity contribution in [2.75, 3.05) is 6.54 Å². The Kier molecular flexibility index (Phi) is 6.05. The first-order valence-electron chi connectivity index (χ1n) is 8.03. The standard InChI is InChI=1S/C17H27N3O/c1-2-15-11-7-4-8-12-20(15)16(13-17(18)19-21)14-9-5-3-6-10-14/h3,5-6,9-10,15-16,21H,2,4,7-8,11-13H2,1H3,(H2,18,19). The van der Waals surface area contributed by atoms with Crippen molar-refractivity contribution < 1.29 is 5.21 Å². The van der Waals surface area contributed by atoms with Gasteiger partial charge in [-0.05, 0) is 31.4 Å². The van der Waals surface area contributed by atoms with Crippen LogP contribution in [0.3, 0.4) is 0 Å². The van der Waals surface area contributed by atoms with Gasteiger partial charge in [-0.25, -0.2) is 0 Å². The Hall–Kier alpha value is -1.55. The van der Waals surface area contributed by atoms with Crippen LogP contribution in [-0.2, 0) is 0 Å². The molecule has 1 aromatic carbocycles. The summed E-state index contributed by atoms with van der Waals surface area (Å²) in [6.07, 6.45) is 6.82. The minimum absolute atomic E-state index is 0.199. The fraction of sp³-hybridized carbons (Fsp3) is 0.588. The summed E-state index contributed by atoms with van der Waals surface area (Å²) >= 11 is 0. The minimum atomic E-state index is 0.199. The van der Waals surface area contributed by atoms with Crippen LogP contribution in [0.1, 0.15) is 57.1 Å². The summed E-state index contributed by atoms with van der Waals surface area (Å²) in [5.74, 6) is 0.308. The molecule has 3 N–H and O–H groups in total. The molecule has 4 heteroatoms. The molecule has 2 unspecified atom stereocenters. The number of benzene rings is 1. The number of nitrogens with two attached hydrogens (primary N) is 1. The molecule has 0 radical (unpaired) electrons. The number of hydrogen-bond donors (Lipinski definition) is 2. The molecule has 0 bridgehead atoms. The maximum atomic E-state index is 8.95. The van der Waals surface area contributed by atoms with Gasteiger partial charge in [0.25, 0.3) is 0 Å². The third kappa shape index (κ3) is 4.21. The van der Waals surface area contributed by atoms with Gasteiger partial charge in [0.2, 0.25) is 0 Å². The van der Waals surface area contributed by atoms with Crippen LogP contribution in [0.15, 0.2) is 35.5 Å². The number of hydrogen-bond acceptors (Lipinski definition) is 3. The summed E-state index contributed by atoms with van der Waals surface area (Å²) in [5.41, 5.74) is 7.07. The van der Waals surface area contributed by atoms with Crippen LogP contribution >= 0.6 is 0 Å². The predicted octanol–water partition coefficient (Wildman–Crippen LogP) is 3.52. The average Bonchev–Trinajstić information content (AvgIpc) is 2.78. The predicted molar refractivity (Wildman–Crippen MR) is 86.5 cm³/mol. The van der Waals surface area contributed by atoms with Crippen molar-refractivity contribution >= 4 is 5.84 Å². The van der Waals surface area contributed by atoms with Crippen molar-refractivity contribution in [2.24, 2.45) is 10.9 Å². The van der Waals surface area contributed by atoms with Gasteiger partial charge in [0.1, 0.15) is 5.84 Å². The maximum absolute atomic E-state index is 8.95. The average molecular weight is 289 g/mol. The van der Waals surface area contributed by atoms with Gasteiger partial charge in [-0.2, -0.15) is 0 Å². The van der Waals surface area contributed by atoms with E-state index in [1.165, 1.54) is 31.2 Å². The highest BCUT2D eigenvalue weighted by molar-refractivity contribution is 5.80. The maximum Gasteiger partial charge on any atom is 0.141 e. The zero-order valence-corrected chi connectivity index (χ0v) is 12.9. The lowest BCUT2D eigenvalue weighted by molar-refractivity contribution is 0.134. The van der Waals surface area contributed by atoms with Crippen molar-refractivity contribution in [3.63, 3.8) is 0 Å². The smallest absolute Gasteiger partial charge is 0.141 e. The summed E-state index contributed by atoms with van der Waals surface area (Å²) in [6, 6.07) is 11.2. The van der Waals surface area contributed by atoms with Gasteiger partial charge in [0, 0.05) is 18.5 Å². The Labute approximate surface area is 127 Å². The van der Waals surface area contributed by atoms with Crippen LogP contribution in [0, 0.1) is 0 Å². The molecule has 1 fully saturated rings. The Morgan fingerprint density at radius 1 is 1.33 bits per heavy atom. The molecule has 0 saturated carbocycles. The SMILES string of the molecule is CCC1CCCCCN1C(C/C(N)=N/O)c1ccccc1. The molecule has 0 amide bonds. The summed E-state index contributed by atoms with van der Waals surface area (Å²) in [4.78, 5) is 2.57. The van der Waals surface area contributed by atoms with E-state index in [4.69, 9.17) is 10.9 Å². The van der Waals surface area contributed by atoms with Crippen LogP contribution < -0.4 is 5.73 Å². The second-order valence-corrected chi connectivity index (χ2v) is 5.87. The van der Waals surface area contributed by atoms with Gasteiger partial charge in [-0.1, -0.05) is 55.3 Å². The lowest BCUT2D eigenvalue weighted by atomic mass is 9.97. The van der Waals surface area contributed by atoms with Gasteiger partial charge >= 0.3 is 0 Å². The number of likely N-dealkylation sites (tertiary alicyclic amines) is 1. The van der Waals surface area contributed by atoms with E-state index < -0.39 is 0 Å². The van der Waals surface area contributed by atoms with Crippen LogP contribution in [-0.4, -0.2) is 28.5 Å². The number of rotatable bonds is 5. The minimum Gasteiger partial charge on any atom is -0.409 e. The van der Waals surface area contributed by atoms with Crippen molar-refractivity contribution in [1.82, 2.24) is 4.90 Å². The lowest BCUT2D eigenvalue weighted by Crippen LogP contribution is -2.39. The first kappa shape index (κ1) is 15.8. The van der Waals surface area contributed by atoms with Crippen LogP contribution in [0.25, 0.3) is 0 Å². The fourth-order valence-corrected chi connectivity index (χ4v) is 3.39. The summed E-state index contributed by atoms with van der Waals surface area (Å²) in [5, 5.41) is 12.1. The molecule has 1 aliphatic heterocycles. The van der Waals surface area contributed by atoms with E-state index in [2.05, 4.69) is 41.2 Å². The molecule has 1 saturated heterocycles.